The van der Waals surface area contributed by atoms with Gasteiger partial charge in [0.15, 0.2) is 0 Å². The van der Waals surface area contributed by atoms with Gasteiger partial charge in [-0.15, -0.1) is 0 Å². The van der Waals surface area contributed by atoms with E-state index in [0.29, 0.717) is 35.3 Å². The molecule has 1 unspecified atom stereocenters. The highest BCUT2D eigenvalue weighted by Crippen LogP contribution is 2.34. The van der Waals surface area contributed by atoms with E-state index in [1.807, 2.05) is 66.7 Å². The van der Waals surface area contributed by atoms with E-state index in [9.17, 15) is 9.59 Å². The number of H-pyrrole nitrogens is 1. The van der Waals surface area contributed by atoms with Crippen LogP contribution in [0, 0.1) is 0 Å². The van der Waals surface area contributed by atoms with Crippen LogP contribution in [0.4, 0.5) is 11.4 Å². The van der Waals surface area contributed by atoms with Crippen LogP contribution in [0.5, 0.6) is 0 Å². The summed E-state index contributed by atoms with van der Waals surface area (Å²) < 4.78 is 0. The van der Waals surface area contributed by atoms with Crippen molar-refractivity contribution >= 4 is 28.3 Å². The molecule has 0 spiro atoms. The van der Waals surface area contributed by atoms with Crippen LogP contribution in [0.3, 0.4) is 0 Å². The third-order valence-electron chi connectivity index (χ3n) is 5.31. The van der Waals surface area contributed by atoms with Crippen molar-refractivity contribution in [2.45, 2.75) is 18.9 Å². The van der Waals surface area contributed by atoms with Gasteiger partial charge in [-0.2, -0.15) is 0 Å². The molecular weight excluding hydrogens is 376 g/mol. The fraction of sp³-hybridized carbons (Fsp3) is 0.125. The van der Waals surface area contributed by atoms with E-state index in [1.54, 1.807) is 6.07 Å². The van der Waals surface area contributed by atoms with Crippen molar-refractivity contribution in [1.82, 2.24) is 9.97 Å². The Kier molecular flexibility index (Phi) is 4.52. The van der Waals surface area contributed by atoms with Gasteiger partial charge in [-0.05, 0) is 23.3 Å². The van der Waals surface area contributed by atoms with Crippen molar-refractivity contribution in [2.24, 2.45) is 0 Å². The number of aromatic nitrogens is 2. The van der Waals surface area contributed by atoms with Gasteiger partial charge < -0.3 is 15.6 Å². The average molecular weight is 396 g/mol. The van der Waals surface area contributed by atoms with Crippen molar-refractivity contribution in [3.8, 4) is 0 Å². The number of benzene rings is 3. The summed E-state index contributed by atoms with van der Waals surface area (Å²) in [4.78, 5) is 32.5. The lowest BCUT2D eigenvalue weighted by molar-refractivity contribution is -0.116. The SMILES string of the molecule is O=C1CC(c2ccccc2)Nc2cc3nc(Cc4ccccc4)c(=O)[nH]c3cc2N1. The van der Waals surface area contributed by atoms with Gasteiger partial charge in [-0.3, -0.25) is 9.59 Å². The molecule has 0 aliphatic carbocycles. The van der Waals surface area contributed by atoms with Crippen LogP contribution in [0.2, 0.25) is 0 Å². The third kappa shape index (κ3) is 3.55. The van der Waals surface area contributed by atoms with Crippen LogP contribution in [-0.2, 0) is 11.2 Å². The van der Waals surface area contributed by atoms with Crippen molar-refractivity contribution < 1.29 is 4.79 Å². The first-order valence-electron chi connectivity index (χ1n) is 9.88. The van der Waals surface area contributed by atoms with E-state index >= 15 is 0 Å². The molecule has 30 heavy (non-hydrogen) atoms. The van der Waals surface area contributed by atoms with Crippen molar-refractivity contribution in [3.63, 3.8) is 0 Å². The van der Waals surface area contributed by atoms with Gasteiger partial charge in [-0.1, -0.05) is 60.7 Å². The smallest absolute Gasteiger partial charge is 0.270 e. The Bertz CT molecular complexity index is 1280. The molecule has 3 N–H and O–H groups in total. The monoisotopic (exact) mass is 396 g/mol. The number of anilines is 2. The first-order chi connectivity index (χ1) is 14.7. The minimum absolute atomic E-state index is 0.0783. The standard InChI is InChI=1S/C24H20N4O2/c29-23-14-17(16-9-5-2-6-10-16)25-18-12-19-21(13-20(18)27-23)28-24(30)22(26-19)11-15-7-3-1-4-8-15/h1-10,12-13,17,25H,11,14H2,(H,27,29)(H,28,30). The van der Waals surface area contributed by atoms with Crippen LogP contribution < -0.4 is 16.2 Å². The summed E-state index contributed by atoms with van der Waals surface area (Å²) in [7, 11) is 0. The van der Waals surface area contributed by atoms with E-state index in [4.69, 9.17) is 0 Å². The molecule has 6 nitrogen and oxygen atoms in total. The van der Waals surface area contributed by atoms with Gasteiger partial charge in [-0.25, -0.2) is 4.98 Å². The Balaban J connectivity index is 1.56. The minimum Gasteiger partial charge on any atom is -0.376 e. The Hall–Kier alpha value is -3.93. The molecule has 1 amide bonds. The lowest BCUT2D eigenvalue weighted by atomic mass is 10.0. The van der Waals surface area contributed by atoms with Crippen molar-refractivity contribution in [2.75, 3.05) is 10.6 Å². The van der Waals surface area contributed by atoms with E-state index < -0.39 is 0 Å². The number of nitrogens with zero attached hydrogens (tertiary/aromatic N) is 1. The van der Waals surface area contributed by atoms with E-state index in [1.165, 1.54) is 0 Å². The van der Waals surface area contributed by atoms with Gasteiger partial charge in [0, 0.05) is 6.42 Å². The van der Waals surface area contributed by atoms with E-state index in [0.717, 1.165) is 16.8 Å². The zero-order valence-corrected chi connectivity index (χ0v) is 16.2. The number of hydrogen-bond acceptors (Lipinski definition) is 4. The molecule has 2 heterocycles. The Labute approximate surface area is 173 Å². The topological polar surface area (TPSA) is 86.9 Å². The van der Waals surface area contributed by atoms with Crippen LogP contribution in [-0.4, -0.2) is 15.9 Å². The number of carbonyl (C=O) groups excluding carboxylic acids is 1. The van der Waals surface area contributed by atoms with Gasteiger partial charge in [0.2, 0.25) is 5.91 Å². The normalized spacial score (nSPS) is 15.7. The molecule has 1 atom stereocenters. The maximum absolute atomic E-state index is 12.6. The molecule has 1 aliphatic rings. The molecule has 4 aromatic rings. The maximum Gasteiger partial charge on any atom is 0.270 e. The minimum atomic E-state index is -0.221. The molecule has 6 heteroatoms. The molecule has 0 bridgehead atoms. The number of carbonyl (C=O) groups is 1. The molecule has 5 rings (SSSR count). The number of nitrogens with one attached hydrogen (secondary N) is 3. The number of amides is 1. The predicted molar refractivity (Wildman–Crippen MR) is 118 cm³/mol. The number of aromatic amines is 1. The summed E-state index contributed by atoms with van der Waals surface area (Å²) in [5.41, 5.74) is 5.00. The summed E-state index contributed by atoms with van der Waals surface area (Å²) in [5.74, 6) is -0.0783. The Morgan fingerprint density at radius 2 is 1.63 bits per heavy atom. The van der Waals surface area contributed by atoms with Crippen LogP contribution in [0.25, 0.3) is 11.0 Å². The van der Waals surface area contributed by atoms with Crippen LogP contribution >= 0.6 is 0 Å². The molecular formula is C24H20N4O2. The lowest BCUT2D eigenvalue weighted by Crippen LogP contribution is -2.16. The quantitative estimate of drug-likeness (QED) is 0.488. The van der Waals surface area contributed by atoms with E-state index in [2.05, 4.69) is 20.6 Å². The second-order valence-electron chi connectivity index (χ2n) is 7.45. The summed E-state index contributed by atoms with van der Waals surface area (Å²) in [5, 5.41) is 6.40. The molecule has 148 valence electrons. The van der Waals surface area contributed by atoms with Crippen molar-refractivity contribution in [3.05, 3.63) is 100.0 Å². The number of hydrogen-bond donors (Lipinski definition) is 3. The zero-order valence-electron chi connectivity index (χ0n) is 16.2. The molecule has 0 saturated carbocycles. The molecule has 1 aromatic heterocycles. The summed E-state index contributed by atoms with van der Waals surface area (Å²) in [6.07, 6.45) is 0.776. The van der Waals surface area contributed by atoms with Gasteiger partial charge in [0.1, 0.15) is 5.69 Å². The van der Waals surface area contributed by atoms with Crippen LogP contribution in [0.1, 0.15) is 29.3 Å². The second kappa shape index (κ2) is 7.48. The number of rotatable bonds is 3. The Morgan fingerprint density at radius 1 is 0.900 bits per heavy atom. The molecule has 3 aromatic carbocycles. The second-order valence-corrected chi connectivity index (χ2v) is 7.45. The van der Waals surface area contributed by atoms with Crippen molar-refractivity contribution in [1.29, 1.82) is 0 Å². The maximum atomic E-state index is 12.6. The summed E-state index contributed by atoms with van der Waals surface area (Å²) >= 11 is 0. The average Bonchev–Trinajstić information content (AvgIpc) is 2.92. The molecule has 0 saturated heterocycles. The summed E-state index contributed by atoms with van der Waals surface area (Å²) in [6.45, 7) is 0. The molecule has 0 fully saturated rings. The molecule has 0 radical (unpaired) electrons. The van der Waals surface area contributed by atoms with E-state index in [-0.39, 0.29) is 17.5 Å². The highest BCUT2D eigenvalue weighted by atomic mass is 16.1. The van der Waals surface area contributed by atoms with Gasteiger partial charge in [0.25, 0.3) is 5.56 Å². The first kappa shape index (κ1) is 18.1. The summed E-state index contributed by atoms with van der Waals surface area (Å²) in [6, 6.07) is 23.2. The lowest BCUT2D eigenvalue weighted by Gasteiger charge is -2.17. The third-order valence-corrected chi connectivity index (χ3v) is 5.31. The highest BCUT2D eigenvalue weighted by molar-refractivity contribution is 6.00. The van der Waals surface area contributed by atoms with Crippen LogP contribution in [0.15, 0.2) is 77.6 Å². The number of fused-ring (bicyclic) bond motifs is 2. The largest absolute Gasteiger partial charge is 0.376 e. The fourth-order valence-corrected chi connectivity index (χ4v) is 3.82. The fourth-order valence-electron chi connectivity index (χ4n) is 3.82. The van der Waals surface area contributed by atoms with Gasteiger partial charge in [0.05, 0.1) is 34.9 Å². The Morgan fingerprint density at radius 3 is 2.40 bits per heavy atom. The van der Waals surface area contributed by atoms with Gasteiger partial charge >= 0.3 is 0 Å². The zero-order chi connectivity index (χ0) is 20.5. The molecule has 1 aliphatic heterocycles. The predicted octanol–water partition coefficient (Wildman–Crippen LogP) is 4.01. The first-order valence-corrected chi connectivity index (χ1v) is 9.88. The highest BCUT2D eigenvalue weighted by Gasteiger charge is 2.23.